The number of amides is 1. The number of ketones is 1. The Kier molecular flexibility index (Phi) is 15.2. The van der Waals surface area contributed by atoms with Crippen molar-refractivity contribution in [2.24, 2.45) is 28.8 Å². The van der Waals surface area contributed by atoms with Crippen LogP contribution in [-0.4, -0.2) is 54.2 Å². The molecule has 5 rings (SSSR count). The number of halogens is 2. The van der Waals surface area contributed by atoms with E-state index in [2.05, 4.69) is 35.0 Å². The fraction of sp³-hybridized carbons (Fsp3) is 0.486. The van der Waals surface area contributed by atoms with E-state index in [0.717, 1.165) is 22.6 Å². The van der Waals surface area contributed by atoms with Gasteiger partial charge in [0.25, 0.3) is 5.91 Å². The zero-order valence-electron chi connectivity index (χ0n) is 29.5. The second kappa shape index (κ2) is 18.6. The summed E-state index contributed by atoms with van der Waals surface area (Å²) in [5.41, 5.74) is 2.13. The number of allylic oxidation sites excluding steroid dienone is 5. The Bertz CT molecular complexity index is 1660. The number of Topliss-reactive ketones (excluding diaryl/α,β-unsaturated/α-hetero) is 1. The molecule has 1 N–H and O–H groups in total. The molecule has 2 heterocycles. The van der Waals surface area contributed by atoms with Gasteiger partial charge in [-0.2, -0.15) is 10.1 Å². The number of aromatic nitrogens is 4. The monoisotopic (exact) mass is 729 g/mol. The topological polar surface area (TPSA) is 112 Å². The van der Waals surface area contributed by atoms with Gasteiger partial charge in [-0.3, -0.25) is 9.59 Å². The smallest absolute Gasteiger partial charge is 0.281 e. The van der Waals surface area contributed by atoms with Gasteiger partial charge >= 0.3 is 0 Å². The highest BCUT2D eigenvalue weighted by molar-refractivity contribution is 7.07. The molecule has 1 fully saturated rings. The first-order valence-corrected chi connectivity index (χ1v) is 18.2. The molecular weight excluding hydrogens is 681 g/mol. The van der Waals surface area contributed by atoms with Gasteiger partial charge in [-0.1, -0.05) is 120 Å². The molecule has 0 bridgehead atoms. The number of hydrogen-bond acceptors (Lipinski definition) is 7. The van der Waals surface area contributed by atoms with Crippen molar-refractivity contribution in [3.8, 4) is 0 Å². The predicted molar refractivity (Wildman–Crippen MR) is 198 cm³/mol. The van der Waals surface area contributed by atoms with E-state index in [9.17, 15) is 14.7 Å². The number of hydrogen-bond donors (Lipinski definition) is 1. The zero-order chi connectivity index (χ0) is 36.2. The quantitative estimate of drug-likeness (QED) is 0.194. The maximum atomic E-state index is 12.3. The van der Waals surface area contributed by atoms with Crippen LogP contribution in [0.25, 0.3) is 5.70 Å². The number of alkyl halides is 2. The van der Waals surface area contributed by atoms with Crippen molar-refractivity contribution < 1.29 is 19.4 Å². The van der Waals surface area contributed by atoms with Crippen LogP contribution in [0.1, 0.15) is 83.5 Å². The highest BCUT2D eigenvalue weighted by Crippen LogP contribution is 2.38. The number of carbonyl (C=O) groups is 2. The van der Waals surface area contributed by atoms with Crippen LogP contribution in [0.3, 0.4) is 0 Å². The molecule has 0 radical (unpaired) electrons. The van der Waals surface area contributed by atoms with Crippen LogP contribution < -0.4 is 4.80 Å². The summed E-state index contributed by atoms with van der Waals surface area (Å²) >= 11 is 12.0. The van der Waals surface area contributed by atoms with Crippen LogP contribution in [0.15, 0.2) is 89.1 Å². The Hall–Kier alpha value is -3.31. The Balaban J connectivity index is 0.000000204. The van der Waals surface area contributed by atoms with Crippen LogP contribution >= 0.6 is 34.5 Å². The van der Waals surface area contributed by atoms with Crippen LogP contribution in [0.4, 0.5) is 0 Å². The number of nitrogens with zero attached hydrogens (tertiary/aromatic N) is 5. The Morgan fingerprint density at radius 3 is 2.31 bits per heavy atom. The second-order valence-corrected chi connectivity index (χ2v) is 15.8. The molecule has 0 spiro atoms. The number of aliphatic hydroxyl groups is 1. The maximum Gasteiger partial charge on any atom is 0.281 e. The molecule has 1 aromatic carbocycles. The predicted octanol–water partition coefficient (Wildman–Crippen LogP) is 8.18. The van der Waals surface area contributed by atoms with E-state index in [4.69, 9.17) is 27.9 Å². The van der Waals surface area contributed by atoms with Crippen molar-refractivity contribution in [2.45, 2.75) is 84.1 Å². The van der Waals surface area contributed by atoms with E-state index in [1.165, 1.54) is 49.8 Å². The maximum absolute atomic E-state index is 12.3. The van der Waals surface area contributed by atoms with Crippen LogP contribution in [0.5, 0.6) is 0 Å². The molecular formula is C37H49Cl2N5O4S. The lowest BCUT2D eigenvalue weighted by atomic mass is 9.78. The number of carbonyl (C=O) groups excluding carboxylic acids is 2. The molecule has 3 aromatic rings. The van der Waals surface area contributed by atoms with Gasteiger partial charge in [-0.25, -0.2) is 9.67 Å². The molecule has 2 aliphatic carbocycles. The van der Waals surface area contributed by atoms with E-state index < -0.39 is 16.8 Å². The standard InChI is InChI=1S/C16H18O2.C15H25N3O.C6H6Cl2N2OS/c1-16(2)11-13(9-10-14(16)18-3)15(17)12-7-5-4-6-8-12;1-15(2,3)14(19)13(18-11-16-10-17-18)9-12-7-5-4-6-8-12;1-10-2-3-12-6(10)9-5(11)4(7)8/h4-10H,11H2,1-3H3;9-12,14,19H,4-8H2,1-3H3;2-4H,1H3/b;13-9-;. The fourth-order valence-corrected chi connectivity index (χ4v) is 6.33. The van der Waals surface area contributed by atoms with E-state index in [1.54, 1.807) is 35.9 Å². The summed E-state index contributed by atoms with van der Waals surface area (Å²) in [4.78, 5) is 30.5. The molecule has 2 aliphatic rings. The van der Waals surface area contributed by atoms with E-state index in [1.807, 2.05) is 68.6 Å². The Labute approximate surface area is 304 Å². The van der Waals surface area contributed by atoms with Gasteiger partial charge in [0, 0.05) is 35.2 Å². The average Bonchev–Trinajstić information content (AvgIpc) is 3.76. The van der Waals surface area contributed by atoms with Crippen molar-refractivity contribution in [2.75, 3.05) is 7.11 Å². The number of methoxy groups -OCH3 is 1. The van der Waals surface area contributed by atoms with Gasteiger partial charge in [0.1, 0.15) is 24.5 Å². The third kappa shape index (κ3) is 12.2. The third-order valence-corrected chi connectivity index (χ3v) is 9.50. The Morgan fingerprint density at radius 2 is 1.80 bits per heavy atom. The summed E-state index contributed by atoms with van der Waals surface area (Å²) in [5.74, 6) is 1.06. The molecule has 0 saturated heterocycles. The van der Waals surface area contributed by atoms with Crippen LogP contribution in [0.2, 0.25) is 0 Å². The fourth-order valence-electron chi connectivity index (χ4n) is 5.50. The SMILES string of the molecule is CC(C)(C)C(O)/C(=C/C1CCCCC1)n1cncn1.COC1=CC=C(C(=O)c2ccccc2)CC1(C)C.Cn1ccsc1=NC(=O)C(Cl)Cl. The Morgan fingerprint density at radius 1 is 1.12 bits per heavy atom. The van der Waals surface area contributed by atoms with Crippen LogP contribution in [0, 0.1) is 16.7 Å². The summed E-state index contributed by atoms with van der Waals surface area (Å²) in [7, 11) is 3.46. The first kappa shape index (κ1) is 40.1. The minimum atomic E-state index is -1.08. The molecule has 0 aliphatic heterocycles. The number of ether oxygens (including phenoxy) is 1. The van der Waals surface area contributed by atoms with Crippen molar-refractivity contribution >= 4 is 51.9 Å². The second-order valence-electron chi connectivity index (χ2n) is 13.8. The molecule has 1 saturated carbocycles. The zero-order valence-corrected chi connectivity index (χ0v) is 31.8. The van der Waals surface area contributed by atoms with Crippen molar-refractivity contribution in [1.82, 2.24) is 19.3 Å². The van der Waals surface area contributed by atoms with E-state index in [-0.39, 0.29) is 16.6 Å². The molecule has 1 unspecified atom stereocenters. The van der Waals surface area contributed by atoms with Crippen molar-refractivity contribution in [1.29, 1.82) is 0 Å². The lowest BCUT2D eigenvalue weighted by Crippen LogP contribution is -2.30. The van der Waals surface area contributed by atoms with E-state index >= 15 is 0 Å². The van der Waals surface area contributed by atoms with Gasteiger partial charge in [0.2, 0.25) is 0 Å². The lowest BCUT2D eigenvalue weighted by molar-refractivity contribution is -0.116. The molecule has 12 heteroatoms. The number of aryl methyl sites for hydroxylation is 1. The van der Waals surface area contributed by atoms with E-state index in [0.29, 0.717) is 17.1 Å². The first-order valence-electron chi connectivity index (χ1n) is 16.4. The number of rotatable bonds is 7. The normalized spacial score (nSPS) is 17.5. The summed E-state index contributed by atoms with van der Waals surface area (Å²) in [5, 5.41) is 16.6. The highest BCUT2D eigenvalue weighted by atomic mass is 35.5. The van der Waals surface area contributed by atoms with Gasteiger partial charge in [-0.05, 0) is 36.7 Å². The van der Waals surface area contributed by atoms with Gasteiger partial charge in [0.15, 0.2) is 15.4 Å². The molecule has 9 nitrogen and oxygen atoms in total. The molecule has 2 aromatic heterocycles. The summed E-state index contributed by atoms with van der Waals surface area (Å²) in [6.45, 7) is 10.3. The minimum absolute atomic E-state index is 0.107. The van der Waals surface area contributed by atoms with Gasteiger partial charge < -0.3 is 14.4 Å². The molecule has 1 atom stereocenters. The van der Waals surface area contributed by atoms with Gasteiger partial charge in [0.05, 0.1) is 12.8 Å². The minimum Gasteiger partial charge on any atom is -0.501 e. The molecule has 266 valence electrons. The first-order chi connectivity index (χ1) is 23.1. The largest absolute Gasteiger partial charge is 0.501 e. The van der Waals surface area contributed by atoms with Gasteiger partial charge in [-0.15, -0.1) is 11.3 Å². The number of aliphatic hydroxyl groups excluding tert-OH is 1. The van der Waals surface area contributed by atoms with Crippen molar-refractivity contribution in [3.05, 3.63) is 94.5 Å². The lowest BCUT2D eigenvalue weighted by Gasteiger charge is -2.30. The molecule has 49 heavy (non-hydrogen) atoms. The third-order valence-electron chi connectivity index (χ3n) is 8.28. The summed E-state index contributed by atoms with van der Waals surface area (Å²) in [6, 6.07) is 9.40. The van der Waals surface area contributed by atoms with Crippen LogP contribution in [-0.2, 0) is 16.6 Å². The average molecular weight is 731 g/mol. The summed E-state index contributed by atoms with van der Waals surface area (Å²) in [6.07, 6.45) is 17.5. The number of thiazole rings is 1. The summed E-state index contributed by atoms with van der Waals surface area (Å²) < 4.78 is 8.78. The molecule has 1 amide bonds. The van der Waals surface area contributed by atoms with Crippen molar-refractivity contribution in [3.63, 3.8) is 0 Å². The number of benzene rings is 1. The highest BCUT2D eigenvalue weighted by Gasteiger charge is 2.31.